The van der Waals surface area contributed by atoms with E-state index < -0.39 is 0 Å². The molecule has 1 aliphatic heterocycles. The Bertz CT molecular complexity index is 724. The lowest BCUT2D eigenvalue weighted by Gasteiger charge is -2.26. The van der Waals surface area contributed by atoms with Crippen molar-refractivity contribution in [3.8, 4) is 0 Å². The lowest BCUT2D eigenvalue weighted by atomic mass is 9.90. The summed E-state index contributed by atoms with van der Waals surface area (Å²) in [7, 11) is 0. The summed E-state index contributed by atoms with van der Waals surface area (Å²) >= 11 is 1.79. The minimum absolute atomic E-state index is 0.0513. The molecule has 1 N–H and O–H groups in total. The molecule has 7 nitrogen and oxygen atoms in total. The van der Waals surface area contributed by atoms with Gasteiger partial charge in [0.2, 0.25) is 5.91 Å². The molecule has 1 amide bonds. The number of rotatable bonds is 6. The van der Waals surface area contributed by atoms with Gasteiger partial charge in [-0.05, 0) is 19.3 Å². The van der Waals surface area contributed by atoms with Crippen LogP contribution in [0.3, 0.4) is 0 Å². The van der Waals surface area contributed by atoms with Crippen molar-refractivity contribution in [3.05, 3.63) is 29.3 Å². The first kappa shape index (κ1) is 17.5. The van der Waals surface area contributed by atoms with Gasteiger partial charge in [0, 0.05) is 55.8 Å². The van der Waals surface area contributed by atoms with Gasteiger partial charge in [-0.2, -0.15) is 0 Å². The van der Waals surface area contributed by atoms with Gasteiger partial charge in [0.15, 0.2) is 5.13 Å². The minimum atomic E-state index is 0.0513. The molecule has 2 aromatic heterocycles. The molecule has 26 heavy (non-hydrogen) atoms. The van der Waals surface area contributed by atoms with Gasteiger partial charge < -0.3 is 19.5 Å². The highest BCUT2D eigenvalue weighted by atomic mass is 32.1. The predicted octanol–water partition coefficient (Wildman–Crippen LogP) is 1.49. The summed E-state index contributed by atoms with van der Waals surface area (Å²) in [5.41, 5.74) is 1.13. The number of aryl methyl sites for hydroxylation is 2. The van der Waals surface area contributed by atoms with Gasteiger partial charge in [-0.15, -0.1) is 11.3 Å². The van der Waals surface area contributed by atoms with Crippen molar-refractivity contribution in [2.24, 2.45) is 5.92 Å². The first-order valence-corrected chi connectivity index (χ1v) is 10.2. The van der Waals surface area contributed by atoms with Crippen molar-refractivity contribution in [2.75, 3.05) is 37.7 Å². The van der Waals surface area contributed by atoms with Crippen LogP contribution in [0.4, 0.5) is 5.13 Å². The number of imidazole rings is 1. The molecule has 1 atom stereocenters. The van der Waals surface area contributed by atoms with Gasteiger partial charge in [-0.1, -0.05) is 0 Å². The number of carbonyl (C=O) groups is 1. The number of thiazole rings is 1. The monoisotopic (exact) mass is 375 g/mol. The number of nitrogens with zero attached hydrogens (tertiary/aromatic N) is 4. The van der Waals surface area contributed by atoms with Gasteiger partial charge >= 0.3 is 0 Å². The Morgan fingerprint density at radius 3 is 3.08 bits per heavy atom. The normalized spacial score (nSPS) is 20.0. The van der Waals surface area contributed by atoms with E-state index in [4.69, 9.17) is 9.72 Å². The molecule has 1 fully saturated rings. The van der Waals surface area contributed by atoms with E-state index in [1.54, 1.807) is 23.9 Å². The second-order valence-corrected chi connectivity index (χ2v) is 7.91. The van der Waals surface area contributed by atoms with Crippen LogP contribution in [0.2, 0.25) is 0 Å². The summed E-state index contributed by atoms with van der Waals surface area (Å²) in [6.07, 6.45) is 9.09. The van der Waals surface area contributed by atoms with Crippen LogP contribution in [0.15, 0.2) is 18.7 Å². The second-order valence-electron chi connectivity index (χ2n) is 6.85. The molecule has 140 valence electrons. The van der Waals surface area contributed by atoms with Crippen molar-refractivity contribution in [1.82, 2.24) is 19.9 Å². The van der Waals surface area contributed by atoms with E-state index in [0.29, 0.717) is 6.54 Å². The Morgan fingerprint density at radius 2 is 2.27 bits per heavy atom. The van der Waals surface area contributed by atoms with Crippen LogP contribution in [0.25, 0.3) is 0 Å². The first-order chi connectivity index (χ1) is 12.8. The van der Waals surface area contributed by atoms with E-state index in [-0.39, 0.29) is 11.8 Å². The number of anilines is 1. The molecule has 1 saturated heterocycles. The van der Waals surface area contributed by atoms with Crippen LogP contribution in [-0.4, -0.2) is 53.3 Å². The number of aromatic nitrogens is 3. The fourth-order valence-electron chi connectivity index (χ4n) is 3.52. The Kier molecular flexibility index (Phi) is 5.50. The topological polar surface area (TPSA) is 72.3 Å². The maximum atomic E-state index is 12.5. The lowest BCUT2D eigenvalue weighted by Crippen LogP contribution is -2.36. The Hall–Kier alpha value is -1.93. The van der Waals surface area contributed by atoms with Gasteiger partial charge in [0.25, 0.3) is 0 Å². The number of amides is 1. The van der Waals surface area contributed by atoms with Crippen molar-refractivity contribution < 1.29 is 9.53 Å². The standard InChI is InChI=1S/C18H25N5O2S/c24-17(20-4-1-6-22-7-5-19-13-22)14-2-3-16-15(12-14)21-18(26-16)23-8-10-25-11-9-23/h5,7,13-14H,1-4,6,8-12H2,(H,20,24). The highest BCUT2D eigenvalue weighted by Gasteiger charge is 2.28. The maximum Gasteiger partial charge on any atom is 0.223 e. The van der Waals surface area contributed by atoms with Gasteiger partial charge in [-0.25, -0.2) is 9.97 Å². The largest absolute Gasteiger partial charge is 0.378 e. The second kappa shape index (κ2) is 8.18. The molecule has 1 aliphatic carbocycles. The van der Waals surface area contributed by atoms with Crippen LogP contribution in [0.1, 0.15) is 23.4 Å². The molecule has 0 bridgehead atoms. The smallest absolute Gasteiger partial charge is 0.223 e. The third kappa shape index (κ3) is 4.07. The van der Waals surface area contributed by atoms with Gasteiger partial charge in [0.05, 0.1) is 25.2 Å². The fraction of sp³-hybridized carbons (Fsp3) is 0.611. The average molecular weight is 375 g/mol. The quantitative estimate of drug-likeness (QED) is 0.775. The number of hydrogen-bond acceptors (Lipinski definition) is 6. The van der Waals surface area contributed by atoms with E-state index in [2.05, 4.69) is 15.2 Å². The minimum Gasteiger partial charge on any atom is -0.378 e. The van der Waals surface area contributed by atoms with Crippen LogP contribution in [0.5, 0.6) is 0 Å². The first-order valence-electron chi connectivity index (χ1n) is 9.34. The molecule has 2 aromatic rings. The number of fused-ring (bicyclic) bond motifs is 1. The predicted molar refractivity (Wildman–Crippen MR) is 101 cm³/mol. The zero-order valence-electron chi connectivity index (χ0n) is 14.9. The van der Waals surface area contributed by atoms with E-state index in [1.165, 1.54) is 4.88 Å². The molecule has 8 heteroatoms. The van der Waals surface area contributed by atoms with Crippen LogP contribution in [0, 0.1) is 5.92 Å². The van der Waals surface area contributed by atoms with E-state index in [0.717, 1.165) is 69.4 Å². The molecular weight excluding hydrogens is 350 g/mol. The summed E-state index contributed by atoms with van der Waals surface area (Å²) in [5, 5.41) is 4.19. The average Bonchev–Trinajstić information content (AvgIpc) is 3.34. The summed E-state index contributed by atoms with van der Waals surface area (Å²) < 4.78 is 7.45. The van der Waals surface area contributed by atoms with Gasteiger partial charge in [0.1, 0.15) is 0 Å². The summed E-state index contributed by atoms with van der Waals surface area (Å²) in [6, 6.07) is 0. The van der Waals surface area contributed by atoms with Crippen molar-refractivity contribution in [3.63, 3.8) is 0 Å². The molecule has 0 aromatic carbocycles. The highest BCUT2D eigenvalue weighted by Crippen LogP contribution is 2.34. The molecule has 0 saturated carbocycles. The summed E-state index contributed by atoms with van der Waals surface area (Å²) in [5.74, 6) is 0.220. The van der Waals surface area contributed by atoms with E-state index >= 15 is 0 Å². The van der Waals surface area contributed by atoms with Crippen molar-refractivity contribution in [1.29, 1.82) is 0 Å². The molecule has 4 rings (SSSR count). The van der Waals surface area contributed by atoms with Crippen LogP contribution in [-0.2, 0) is 28.9 Å². The summed E-state index contributed by atoms with van der Waals surface area (Å²) in [6.45, 7) is 4.95. The Morgan fingerprint density at radius 1 is 1.38 bits per heavy atom. The zero-order valence-corrected chi connectivity index (χ0v) is 15.7. The SMILES string of the molecule is O=C(NCCCn1ccnc1)C1CCc2sc(N3CCOCC3)nc2C1. The highest BCUT2D eigenvalue weighted by molar-refractivity contribution is 7.15. The van der Waals surface area contributed by atoms with E-state index in [9.17, 15) is 4.79 Å². The third-order valence-corrected chi connectivity index (χ3v) is 6.25. The van der Waals surface area contributed by atoms with Crippen molar-refractivity contribution >= 4 is 22.4 Å². The molecular formula is C18H25N5O2S. The number of nitrogens with one attached hydrogen (secondary N) is 1. The lowest BCUT2D eigenvalue weighted by molar-refractivity contribution is -0.125. The fourth-order valence-corrected chi connectivity index (χ4v) is 4.67. The molecule has 0 spiro atoms. The molecule has 2 aliphatic rings. The molecule has 0 radical (unpaired) electrons. The van der Waals surface area contributed by atoms with Crippen LogP contribution < -0.4 is 10.2 Å². The number of hydrogen-bond donors (Lipinski definition) is 1. The third-order valence-electron chi connectivity index (χ3n) is 5.03. The van der Waals surface area contributed by atoms with E-state index in [1.807, 2.05) is 10.8 Å². The summed E-state index contributed by atoms with van der Waals surface area (Å²) in [4.78, 5) is 25.0. The number of morpholine rings is 1. The Balaban J connectivity index is 1.27. The van der Waals surface area contributed by atoms with Gasteiger partial charge in [-0.3, -0.25) is 4.79 Å². The zero-order chi connectivity index (χ0) is 17.8. The number of carbonyl (C=O) groups excluding carboxylic acids is 1. The van der Waals surface area contributed by atoms with Crippen molar-refractivity contribution in [2.45, 2.75) is 32.2 Å². The Labute approximate surface area is 157 Å². The molecule has 1 unspecified atom stereocenters. The molecule has 3 heterocycles. The number of ether oxygens (including phenoxy) is 1. The van der Waals surface area contributed by atoms with Crippen LogP contribution >= 0.6 is 11.3 Å². The maximum absolute atomic E-state index is 12.5.